The van der Waals surface area contributed by atoms with Crippen molar-refractivity contribution < 1.29 is 17.9 Å². The summed E-state index contributed by atoms with van der Waals surface area (Å²) in [5, 5.41) is 0. The lowest BCUT2D eigenvalue weighted by Crippen LogP contribution is -2.46. The topological polar surface area (TPSA) is 66.9 Å². The van der Waals surface area contributed by atoms with Gasteiger partial charge < -0.3 is 9.64 Å². The summed E-state index contributed by atoms with van der Waals surface area (Å²) in [5.41, 5.74) is 3.14. The Labute approximate surface area is 200 Å². The average Bonchev–Trinajstić information content (AvgIpc) is 2.88. The molecule has 0 aromatic heterocycles. The summed E-state index contributed by atoms with van der Waals surface area (Å²) in [7, 11) is -3.79. The van der Waals surface area contributed by atoms with E-state index in [1.54, 1.807) is 23.1 Å². The number of carbonyl (C=O) groups excluding carboxylic acids is 1. The monoisotopic (exact) mass is 476 g/mol. The van der Waals surface area contributed by atoms with E-state index in [0.29, 0.717) is 25.2 Å². The molecule has 176 valence electrons. The van der Waals surface area contributed by atoms with E-state index in [1.807, 2.05) is 61.5 Å². The number of hydrogen-bond donors (Lipinski definition) is 0. The maximum absolute atomic E-state index is 13.6. The Kier molecular flexibility index (Phi) is 6.15. The molecule has 0 radical (unpaired) electrons. The summed E-state index contributed by atoms with van der Waals surface area (Å²) in [5.74, 6) is -0.188. The first-order valence-electron chi connectivity index (χ1n) is 11.6. The molecule has 0 spiro atoms. The fraction of sp³-hybridized carbons (Fsp3) is 0.296. The highest BCUT2D eigenvalue weighted by Crippen LogP contribution is 2.32. The summed E-state index contributed by atoms with van der Waals surface area (Å²) in [6.45, 7) is 3.25. The number of amides is 1. The van der Waals surface area contributed by atoms with Gasteiger partial charge in [0.2, 0.25) is 0 Å². The zero-order valence-electron chi connectivity index (χ0n) is 19.1. The number of carbonyl (C=O) groups is 1. The lowest BCUT2D eigenvalue weighted by molar-refractivity contribution is -0.0691. The highest BCUT2D eigenvalue weighted by molar-refractivity contribution is 7.92. The molecular formula is C27H28N2O4S. The predicted molar refractivity (Wildman–Crippen MR) is 131 cm³/mol. The van der Waals surface area contributed by atoms with Gasteiger partial charge in [-0.2, -0.15) is 0 Å². The number of hydrogen-bond acceptors (Lipinski definition) is 4. The van der Waals surface area contributed by atoms with E-state index in [4.69, 9.17) is 4.74 Å². The van der Waals surface area contributed by atoms with E-state index >= 15 is 0 Å². The minimum Gasteiger partial charge on any atom is -0.367 e. The number of rotatable bonds is 4. The standard InChI is InChI=1S/C27H28N2O4S/c1-20-18-28(19-26(33-20)22-10-3-2-4-11-22)27(30)23-12-7-14-24(17-23)34(31,32)29-16-8-13-21-9-5-6-15-25(21)29/h2-7,9-12,14-15,17,20,26H,8,13,16,18-19H2,1H3. The van der Waals surface area contributed by atoms with Gasteiger partial charge in [-0.1, -0.05) is 54.6 Å². The Balaban J connectivity index is 1.41. The van der Waals surface area contributed by atoms with E-state index in [9.17, 15) is 13.2 Å². The molecule has 2 aliphatic heterocycles. The Morgan fingerprint density at radius 2 is 1.71 bits per heavy atom. The molecule has 3 aromatic carbocycles. The number of benzene rings is 3. The molecule has 0 aliphatic carbocycles. The van der Waals surface area contributed by atoms with Crippen LogP contribution in [0.3, 0.4) is 0 Å². The van der Waals surface area contributed by atoms with Crippen LogP contribution in [0.5, 0.6) is 0 Å². The number of fused-ring (bicyclic) bond motifs is 1. The van der Waals surface area contributed by atoms with E-state index < -0.39 is 10.0 Å². The van der Waals surface area contributed by atoms with Crippen LogP contribution in [0.2, 0.25) is 0 Å². The molecule has 0 N–H and O–H groups in total. The molecule has 0 saturated carbocycles. The number of morpholine rings is 1. The minimum absolute atomic E-state index is 0.125. The van der Waals surface area contributed by atoms with Crippen LogP contribution in [0.25, 0.3) is 0 Å². The van der Waals surface area contributed by atoms with Gasteiger partial charge in [-0.25, -0.2) is 8.42 Å². The van der Waals surface area contributed by atoms with Crippen molar-refractivity contribution in [1.29, 1.82) is 0 Å². The fourth-order valence-electron chi connectivity index (χ4n) is 4.82. The lowest BCUT2D eigenvalue weighted by Gasteiger charge is -2.37. The first-order chi connectivity index (χ1) is 16.4. The number of aryl methyl sites for hydroxylation is 1. The van der Waals surface area contributed by atoms with Gasteiger partial charge in [-0.05, 0) is 55.2 Å². The maximum atomic E-state index is 13.6. The maximum Gasteiger partial charge on any atom is 0.264 e. The van der Waals surface area contributed by atoms with Crippen molar-refractivity contribution in [1.82, 2.24) is 4.90 Å². The SMILES string of the molecule is CC1CN(C(=O)c2cccc(S(=O)(=O)N3CCCc4ccccc43)c2)CC(c2ccccc2)O1. The molecule has 2 atom stereocenters. The number of sulfonamides is 1. The molecule has 6 nitrogen and oxygen atoms in total. The minimum atomic E-state index is -3.79. The second-order valence-corrected chi connectivity index (χ2v) is 10.8. The number of anilines is 1. The molecule has 2 heterocycles. The molecule has 3 aromatic rings. The molecule has 7 heteroatoms. The summed E-state index contributed by atoms with van der Waals surface area (Å²) in [6.07, 6.45) is 1.28. The zero-order chi connectivity index (χ0) is 23.7. The average molecular weight is 477 g/mol. The first kappa shape index (κ1) is 22.6. The normalized spacial score (nSPS) is 20.6. The van der Waals surface area contributed by atoms with Gasteiger partial charge in [0, 0.05) is 18.7 Å². The highest BCUT2D eigenvalue weighted by atomic mass is 32.2. The fourth-order valence-corrected chi connectivity index (χ4v) is 6.40. The van der Waals surface area contributed by atoms with E-state index in [1.165, 1.54) is 10.4 Å². The van der Waals surface area contributed by atoms with Gasteiger partial charge in [0.05, 0.1) is 23.2 Å². The Bertz CT molecular complexity index is 1290. The largest absolute Gasteiger partial charge is 0.367 e. The summed E-state index contributed by atoms with van der Waals surface area (Å²) < 4.78 is 34.7. The first-order valence-corrected chi connectivity index (χ1v) is 13.1. The highest BCUT2D eigenvalue weighted by Gasteiger charge is 2.32. The van der Waals surface area contributed by atoms with Crippen LogP contribution >= 0.6 is 0 Å². The van der Waals surface area contributed by atoms with Gasteiger partial charge in [0.1, 0.15) is 6.10 Å². The number of ether oxygens (including phenoxy) is 1. The smallest absolute Gasteiger partial charge is 0.264 e. The van der Waals surface area contributed by atoms with Crippen LogP contribution in [0, 0.1) is 0 Å². The van der Waals surface area contributed by atoms with Crippen LogP contribution in [0.15, 0.2) is 83.8 Å². The number of nitrogens with zero attached hydrogens (tertiary/aromatic N) is 2. The van der Waals surface area contributed by atoms with E-state index in [-0.39, 0.29) is 23.0 Å². The third-order valence-electron chi connectivity index (χ3n) is 6.46. The molecule has 5 rings (SSSR count). The molecular weight excluding hydrogens is 448 g/mol. The molecule has 0 bridgehead atoms. The Morgan fingerprint density at radius 1 is 0.941 bits per heavy atom. The molecule has 34 heavy (non-hydrogen) atoms. The van der Waals surface area contributed by atoms with Gasteiger partial charge in [-0.3, -0.25) is 9.10 Å². The second-order valence-electron chi connectivity index (χ2n) is 8.89. The van der Waals surface area contributed by atoms with Gasteiger partial charge in [0.15, 0.2) is 0 Å². The van der Waals surface area contributed by atoms with Crippen molar-refractivity contribution in [3.05, 3.63) is 95.6 Å². The van der Waals surface area contributed by atoms with Gasteiger partial charge in [0.25, 0.3) is 15.9 Å². The third-order valence-corrected chi connectivity index (χ3v) is 8.26. The Morgan fingerprint density at radius 3 is 2.53 bits per heavy atom. The summed E-state index contributed by atoms with van der Waals surface area (Å²) >= 11 is 0. The second kappa shape index (κ2) is 9.24. The molecule has 2 aliphatic rings. The van der Waals surface area contributed by atoms with Crippen molar-refractivity contribution in [3.63, 3.8) is 0 Å². The van der Waals surface area contributed by atoms with Crippen LogP contribution in [0.4, 0.5) is 5.69 Å². The van der Waals surface area contributed by atoms with Crippen LogP contribution in [-0.4, -0.2) is 45.0 Å². The lowest BCUT2D eigenvalue weighted by atomic mass is 10.0. The number of para-hydroxylation sites is 1. The Hall–Kier alpha value is -3.16. The zero-order valence-corrected chi connectivity index (χ0v) is 19.9. The van der Waals surface area contributed by atoms with Gasteiger partial charge >= 0.3 is 0 Å². The van der Waals surface area contributed by atoms with Crippen molar-refractivity contribution >= 4 is 21.6 Å². The van der Waals surface area contributed by atoms with E-state index in [2.05, 4.69) is 0 Å². The van der Waals surface area contributed by atoms with Crippen molar-refractivity contribution in [2.45, 2.75) is 36.9 Å². The third kappa shape index (κ3) is 4.33. The van der Waals surface area contributed by atoms with Crippen LogP contribution in [0.1, 0.15) is 40.9 Å². The van der Waals surface area contributed by atoms with Crippen molar-refractivity contribution in [2.75, 3.05) is 23.9 Å². The molecule has 2 unspecified atom stereocenters. The molecule has 1 fully saturated rings. The van der Waals surface area contributed by atoms with Crippen molar-refractivity contribution in [3.8, 4) is 0 Å². The van der Waals surface area contributed by atoms with E-state index in [0.717, 1.165) is 29.7 Å². The van der Waals surface area contributed by atoms with Crippen LogP contribution in [-0.2, 0) is 21.2 Å². The quantitative estimate of drug-likeness (QED) is 0.559. The summed E-state index contributed by atoms with van der Waals surface area (Å²) in [4.78, 5) is 15.3. The molecule has 1 saturated heterocycles. The predicted octanol–water partition coefficient (Wildman–Crippen LogP) is 4.43. The van der Waals surface area contributed by atoms with Gasteiger partial charge in [-0.15, -0.1) is 0 Å². The summed E-state index contributed by atoms with van der Waals surface area (Å²) in [6, 6.07) is 23.9. The molecule has 1 amide bonds. The van der Waals surface area contributed by atoms with Crippen molar-refractivity contribution in [2.24, 2.45) is 0 Å². The van der Waals surface area contributed by atoms with Crippen LogP contribution < -0.4 is 4.31 Å².